The quantitative estimate of drug-likeness (QED) is 0.461. The Morgan fingerprint density at radius 2 is 1.44 bits per heavy atom. The van der Waals surface area contributed by atoms with Crippen LogP contribution >= 0.6 is 0 Å². The second-order valence-corrected chi connectivity index (χ2v) is 10.4. The molecule has 198 valence electrons. The minimum atomic E-state index is -3.49. The molecule has 0 radical (unpaired) electrons. The molecule has 36 heavy (non-hydrogen) atoms. The van der Waals surface area contributed by atoms with Crippen LogP contribution in [0.2, 0.25) is 0 Å². The molecule has 2 aromatic rings. The van der Waals surface area contributed by atoms with Gasteiger partial charge in [-0.1, -0.05) is 17.7 Å². The van der Waals surface area contributed by atoms with Crippen molar-refractivity contribution in [3.8, 4) is 17.2 Å². The average molecular weight is 520 g/mol. The van der Waals surface area contributed by atoms with Crippen LogP contribution in [0.3, 0.4) is 0 Å². The Labute approximate surface area is 214 Å². The summed E-state index contributed by atoms with van der Waals surface area (Å²) in [5.41, 5.74) is 1.45. The first-order chi connectivity index (χ1) is 17.3. The number of hydrogen-bond donors (Lipinski definition) is 1. The Balaban J connectivity index is 1.55. The van der Waals surface area contributed by atoms with E-state index in [1.807, 2.05) is 39.8 Å². The maximum atomic E-state index is 12.9. The van der Waals surface area contributed by atoms with Gasteiger partial charge in [0.15, 0.2) is 11.5 Å². The monoisotopic (exact) mass is 519 g/mol. The Kier molecular flexibility index (Phi) is 9.98. The number of sulfonamides is 1. The van der Waals surface area contributed by atoms with Crippen molar-refractivity contribution in [2.45, 2.75) is 32.6 Å². The molecule has 1 heterocycles. The molecule has 0 spiro atoms. The van der Waals surface area contributed by atoms with Crippen molar-refractivity contribution in [2.75, 3.05) is 59.1 Å². The molecule has 0 aromatic heterocycles. The summed E-state index contributed by atoms with van der Waals surface area (Å²) in [5.74, 6) is 1.21. The van der Waals surface area contributed by atoms with Gasteiger partial charge >= 0.3 is 0 Å². The summed E-state index contributed by atoms with van der Waals surface area (Å²) >= 11 is 0. The Bertz CT molecular complexity index is 1090. The van der Waals surface area contributed by atoms with E-state index in [4.69, 9.17) is 14.2 Å². The van der Waals surface area contributed by atoms with E-state index < -0.39 is 10.0 Å². The molecule has 1 aliphatic rings. The molecule has 3 rings (SSSR count). The Morgan fingerprint density at radius 1 is 0.889 bits per heavy atom. The molecule has 1 amide bonds. The zero-order valence-corrected chi connectivity index (χ0v) is 22.4. The molecule has 9 nitrogen and oxygen atoms in total. The minimum absolute atomic E-state index is 0.236. The van der Waals surface area contributed by atoms with Crippen molar-refractivity contribution >= 4 is 15.9 Å². The Hall–Kier alpha value is -2.82. The molecule has 0 aliphatic carbocycles. The lowest BCUT2D eigenvalue weighted by Gasteiger charge is -2.34. The number of nitrogens with zero attached hydrogens (tertiary/aromatic N) is 2. The summed E-state index contributed by atoms with van der Waals surface area (Å²) in [6.07, 6.45) is 0. The van der Waals surface area contributed by atoms with Gasteiger partial charge in [-0.15, -0.1) is 0 Å². The highest BCUT2D eigenvalue weighted by molar-refractivity contribution is 7.89. The molecule has 1 saturated heterocycles. The van der Waals surface area contributed by atoms with Crippen molar-refractivity contribution in [1.29, 1.82) is 0 Å². The van der Waals surface area contributed by atoms with Gasteiger partial charge in [-0.2, -0.15) is 4.31 Å². The standard InChI is InChI=1S/C26H37N3O6S/c1-5-33-23-18-21(19-24(34-6-2)25(23)35-7-3)26(30)27-12-13-28-14-16-29(17-15-28)36(31,32)22-10-8-20(4)9-11-22/h8-11,18-19H,5-7,12-17H2,1-4H3,(H,27,30). The SMILES string of the molecule is CCOc1cc(C(=O)NCCN2CCN(S(=O)(=O)c3ccc(C)cc3)CC2)cc(OCC)c1OCC. The van der Waals surface area contributed by atoms with Gasteiger partial charge in [-0.05, 0) is 52.0 Å². The number of amides is 1. The maximum absolute atomic E-state index is 12.9. The fraction of sp³-hybridized carbons (Fsp3) is 0.500. The first-order valence-corrected chi connectivity index (χ1v) is 13.9. The summed E-state index contributed by atoms with van der Waals surface area (Å²) in [4.78, 5) is 15.3. The van der Waals surface area contributed by atoms with E-state index in [0.717, 1.165) is 5.56 Å². The highest BCUT2D eigenvalue weighted by Crippen LogP contribution is 2.39. The summed E-state index contributed by atoms with van der Waals surface area (Å²) in [6, 6.07) is 10.3. The number of rotatable bonds is 12. The van der Waals surface area contributed by atoms with Crippen LogP contribution < -0.4 is 19.5 Å². The minimum Gasteiger partial charge on any atom is -0.490 e. The van der Waals surface area contributed by atoms with Crippen molar-refractivity contribution < 1.29 is 27.4 Å². The summed E-state index contributed by atoms with van der Waals surface area (Å²) in [5, 5.41) is 2.94. The largest absolute Gasteiger partial charge is 0.490 e. The first kappa shape index (κ1) is 27.8. The van der Waals surface area contributed by atoms with Crippen LogP contribution in [0.5, 0.6) is 17.2 Å². The Morgan fingerprint density at radius 3 is 1.97 bits per heavy atom. The second-order valence-electron chi connectivity index (χ2n) is 8.42. The molecular formula is C26H37N3O6S. The van der Waals surface area contributed by atoms with Gasteiger partial charge in [0, 0.05) is 44.8 Å². The van der Waals surface area contributed by atoms with E-state index in [-0.39, 0.29) is 5.91 Å². The number of ether oxygens (including phenoxy) is 3. The molecule has 1 N–H and O–H groups in total. The van der Waals surface area contributed by atoms with Crippen molar-refractivity contribution in [3.05, 3.63) is 47.5 Å². The highest BCUT2D eigenvalue weighted by Gasteiger charge is 2.28. The lowest BCUT2D eigenvalue weighted by molar-refractivity contribution is 0.0944. The zero-order valence-electron chi connectivity index (χ0n) is 21.6. The highest BCUT2D eigenvalue weighted by atomic mass is 32.2. The van der Waals surface area contributed by atoms with Crippen LogP contribution in [0.1, 0.15) is 36.7 Å². The predicted molar refractivity (Wildman–Crippen MR) is 139 cm³/mol. The van der Waals surface area contributed by atoms with E-state index in [2.05, 4.69) is 10.2 Å². The third kappa shape index (κ3) is 6.89. The number of carbonyl (C=O) groups excluding carboxylic acids is 1. The maximum Gasteiger partial charge on any atom is 0.251 e. The van der Waals surface area contributed by atoms with Gasteiger partial charge in [0.2, 0.25) is 15.8 Å². The third-order valence-electron chi connectivity index (χ3n) is 5.87. The number of benzene rings is 2. The van der Waals surface area contributed by atoms with Gasteiger partial charge in [0.05, 0.1) is 24.7 Å². The van der Waals surface area contributed by atoms with Crippen LogP contribution in [0.25, 0.3) is 0 Å². The van der Waals surface area contributed by atoms with Crippen LogP contribution in [-0.2, 0) is 10.0 Å². The van der Waals surface area contributed by atoms with E-state index in [0.29, 0.717) is 86.8 Å². The van der Waals surface area contributed by atoms with Crippen molar-refractivity contribution in [3.63, 3.8) is 0 Å². The van der Waals surface area contributed by atoms with Crippen LogP contribution in [0.15, 0.2) is 41.3 Å². The normalized spacial score (nSPS) is 14.9. The molecular weight excluding hydrogens is 482 g/mol. The topological polar surface area (TPSA) is 97.4 Å². The van der Waals surface area contributed by atoms with Crippen LogP contribution in [0, 0.1) is 6.92 Å². The molecule has 2 aromatic carbocycles. The molecule has 10 heteroatoms. The predicted octanol–water partition coefficient (Wildman–Crippen LogP) is 2.93. The fourth-order valence-corrected chi connectivity index (χ4v) is 5.42. The third-order valence-corrected chi connectivity index (χ3v) is 7.79. The lowest BCUT2D eigenvalue weighted by Crippen LogP contribution is -2.50. The second kappa shape index (κ2) is 12.9. The van der Waals surface area contributed by atoms with Crippen LogP contribution in [0.4, 0.5) is 0 Å². The average Bonchev–Trinajstić information content (AvgIpc) is 2.86. The summed E-state index contributed by atoms with van der Waals surface area (Å²) in [7, 11) is -3.49. The van der Waals surface area contributed by atoms with Gasteiger partial charge < -0.3 is 19.5 Å². The summed E-state index contributed by atoms with van der Waals surface area (Å²) < 4.78 is 44.4. The fourth-order valence-electron chi connectivity index (χ4n) is 4.00. The van der Waals surface area contributed by atoms with Gasteiger partial charge in [-0.25, -0.2) is 8.42 Å². The molecule has 0 unspecified atom stereocenters. The number of piperazine rings is 1. The smallest absolute Gasteiger partial charge is 0.251 e. The first-order valence-electron chi connectivity index (χ1n) is 12.4. The molecule has 0 bridgehead atoms. The molecule has 1 fully saturated rings. The lowest BCUT2D eigenvalue weighted by atomic mass is 10.1. The van der Waals surface area contributed by atoms with E-state index >= 15 is 0 Å². The zero-order chi connectivity index (χ0) is 26.1. The molecule has 0 atom stereocenters. The number of carbonyl (C=O) groups is 1. The van der Waals surface area contributed by atoms with Gasteiger partial charge in [0.25, 0.3) is 5.91 Å². The number of nitrogens with one attached hydrogen (secondary N) is 1. The number of aryl methyl sites for hydroxylation is 1. The molecule has 0 saturated carbocycles. The van der Waals surface area contributed by atoms with Crippen molar-refractivity contribution in [2.24, 2.45) is 0 Å². The van der Waals surface area contributed by atoms with Gasteiger partial charge in [0.1, 0.15) is 0 Å². The summed E-state index contributed by atoms with van der Waals surface area (Å²) in [6.45, 7) is 12.0. The van der Waals surface area contributed by atoms with Crippen molar-refractivity contribution in [1.82, 2.24) is 14.5 Å². The van der Waals surface area contributed by atoms with Crippen LogP contribution in [-0.4, -0.2) is 82.6 Å². The number of hydrogen-bond acceptors (Lipinski definition) is 7. The van der Waals surface area contributed by atoms with E-state index in [1.54, 1.807) is 24.3 Å². The van der Waals surface area contributed by atoms with Gasteiger partial charge in [-0.3, -0.25) is 9.69 Å². The molecule has 1 aliphatic heterocycles. The van der Waals surface area contributed by atoms with E-state index in [9.17, 15) is 13.2 Å². The van der Waals surface area contributed by atoms with E-state index in [1.165, 1.54) is 4.31 Å².